The zero-order valence-electron chi connectivity index (χ0n) is 64.8. The number of nitrogens with one attached hydrogen (secondary N) is 2. The lowest BCUT2D eigenvalue weighted by molar-refractivity contribution is -0.902. The Bertz CT molecular complexity index is 3300. The fraction of sp³-hybridized carbons (Fsp3) is 0.575. The van der Waals surface area contributed by atoms with E-state index in [1.807, 2.05) is 52.0 Å². The molecule has 2 amide bonds. The maximum atomic E-state index is 13.4. The lowest BCUT2D eigenvalue weighted by atomic mass is 9.96. The van der Waals surface area contributed by atoms with Crippen LogP contribution in [-0.4, -0.2) is 214 Å². The minimum atomic E-state index is -2.09. The molecule has 2 fully saturated rings. The Balaban J connectivity index is 0.000000828. The van der Waals surface area contributed by atoms with Crippen LogP contribution in [0.25, 0.3) is 9.69 Å². The van der Waals surface area contributed by atoms with Crippen molar-refractivity contribution in [3.05, 3.63) is 138 Å². The number of hydrogen-bond acceptors (Lipinski definition) is 16. The van der Waals surface area contributed by atoms with Gasteiger partial charge in [0, 0.05) is 24.2 Å². The van der Waals surface area contributed by atoms with Crippen LogP contribution in [0.2, 0.25) is 0 Å². The van der Waals surface area contributed by atoms with Gasteiger partial charge < -0.3 is 93.7 Å². The number of quaternary nitrogens is 2. The van der Waals surface area contributed by atoms with Gasteiger partial charge >= 0.3 is 11.9 Å². The molecule has 0 aliphatic carbocycles. The smallest absolute Gasteiger partial charge is 0.339 e. The van der Waals surface area contributed by atoms with Crippen molar-refractivity contribution in [3.63, 3.8) is 0 Å². The summed E-state index contributed by atoms with van der Waals surface area (Å²) in [6.07, 6.45) is 7.61. The number of unbranched alkanes of at least 4 members (excludes halogenated alkanes) is 4. The second kappa shape index (κ2) is 48.9. The average molecular weight is 1610 g/mol. The molecule has 0 saturated carbocycles. The molecule has 6 rings (SSSR count). The maximum Gasteiger partial charge on any atom is 0.339 e. The molecule has 8 N–H and O–H groups in total. The number of rotatable bonds is 36. The summed E-state index contributed by atoms with van der Waals surface area (Å²) in [5.74, 6) is -2.51. The van der Waals surface area contributed by atoms with Gasteiger partial charge in [-0.15, -0.1) is 0 Å². The van der Waals surface area contributed by atoms with E-state index in [9.17, 15) is 38.4 Å². The number of benzene rings is 4. The number of ether oxygens (including phenoxy) is 2. The molecule has 26 heteroatoms. The molecule has 2 aliphatic rings. The van der Waals surface area contributed by atoms with Gasteiger partial charge in [0.25, 0.3) is 12.9 Å². The number of aliphatic hydroxyl groups excluding tert-OH is 4. The van der Waals surface area contributed by atoms with Crippen molar-refractivity contribution in [2.75, 3.05) is 90.2 Å². The molecule has 8 unspecified atom stereocenters. The van der Waals surface area contributed by atoms with Crippen LogP contribution in [0.4, 0.5) is 22.7 Å². The number of carboxylic acid groups (broad SMARTS) is 2. The lowest BCUT2D eigenvalue weighted by Crippen LogP contribution is -3.00. The number of aliphatic hydroxyl groups is 4. The summed E-state index contributed by atoms with van der Waals surface area (Å²) in [6.45, 7) is 48.1. The van der Waals surface area contributed by atoms with Crippen molar-refractivity contribution < 1.29 is 121 Å². The van der Waals surface area contributed by atoms with Crippen LogP contribution >= 0.6 is 0 Å². The number of Topliss-reactive ketones (excluding diaryl/α,β-unsaturated/α-hetero) is 2. The number of likely N-dealkylation sites (N-methyl/N-ethyl adjacent to an activating group) is 2. The van der Waals surface area contributed by atoms with Crippen molar-refractivity contribution in [3.8, 4) is 0 Å². The number of hydrogen-bond donors (Lipinski definition) is 8. The number of carboxylic acids is 2. The second-order valence-electron chi connectivity index (χ2n) is 28.8. The number of aryl methyl sites for hydroxylation is 10. The topological polar surface area (TPSA) is 316 Å². The number of carbonyl (C=O) groups excluding carboxylic acids is 6. The standard InChI is InChI=1S/2C36H52N4O2.2C4H6O6.2BrH/c2*1-9-18-40(8,25-32(41)24-33-27(3)22-31(37-7)23-28(33)4)19-14-10-12-16-39-17-13-11-15-34(39)36(42)38-35-29(5)20-26(2)21-30(35)6;2*5-1-10-4(9)2(6)3(7)8;;/h2*20-23,34H,9-19,24-25H2,1-6,8H3;2*1-2,4,6,9H,(H,7,8);2*1H. The van der Waals surface area contributed by atoms with E-state index in [-0.39, 0.29) is 82.4 Å². The Hall–Kier alpha value is -7.34. The molecule has 106 heavy (non-hydrogen) atoms. The number of nitrogens with zero attached hydrogens (tertiary/aromatic N) is 6. The predicted molar refractivity (Wildman–Crippen MR) is 402 cm³/mol. The number of ketones is 2. The summed E-state index contributed by atoms with van der Waals surface area (Å²) in [5.41, 5.74) is 16.4. The van der Waals surface area contributed by atoms with E-state index in [2.05, 4.69) is 133 Å². The van der Waals surface area contributed by atoms with Crippen molar-refractivity contribution in [1.29, 1.82) is 0 Å². The summed E-state index contributed by atoms with van der Waals surface area (Å²) in [7, 11) is 4.45. The average Bonchev–Trinajstić information content (AvgIpc) is 0.845. The molecule has 2 aliphatic heterocycles. The van der Waals surface area contributed by atoms with E-state index in [1.54, 1.807) is 0 Å². The Morgan fingerprint density at radius 1 is 0.500 bits per heavy atom. The summed E-state index contributed by atoms with van der Waals surface area (Å²) in [4.78, 5) is 104. The molecule has 0 radical (unpaired) electrons. The Morgan fingerprint density at radius 2 is 0.811 bits per heavy atom. The first-order chi connectivity index (χ1) is 49.1. The third-order valence-electron chi connectivity index (χ3n) is 19.4. The van der Waals surface area contributed by atoms with E-state index in [0.717, 1.165) is 218 Å². The maximum absolute atomic E-state index is 13.4. The zero-order valence-corrected chi connectivity index (χ0v) is 68.0. The van der Waals surface area contributed by atoms with Gasteiger partial charge in [-0.1, -0.05) is 109 Å². The third kappa shape index (κ3) is 32.6. The van der Waals surface area contributed by atoms with Gasteiger partial charge in [-0.05, 0) is 206 Å². The first-order valence-corrected chi connectivity index (χ1v) is 36.4. The van der Waals surface area contributed by atoms with E-state index in [4.69, 9.17) is 43.8 Å². The minimum absolute atomic E-state index is 0. The molecule has 0 aromatic heterocycles. The fourth-order valence-electron chi connectivity index (χ4n) is 14.4. The molecule has 0 spiro atoms. The van der Waals surface area contributed by atoms with Crippen LogP contribution in [0.1, 0.15) is 171 Å². The summed E-state index contributed by atoms with van der Waals surface area (Å²) in [6, 6.07) is 16.0. The van der Waals surface area contributed by atoms with Crippen LogP contribution in [0, 0.1) is 82.4 Å². The van der Waals surface area contributed by atoms with Gasteiger partial charge in [0.2, 0.25) is 36.6 Å². The van der Waals surface area contributed by atoms with Gasteiger partial charge in [0.05, 0.1) is 65.5 Å². The van der Waals surface area contributed by atoms with Crippen molar-refractivity contribution >= 4 is 71.0 Å². The molecule has 24 nitrogen and oxygen atoms in total. The molecule has 4 aromatic rings. The highest BCUT2D eigenvalue weighted by atomic mass is 79.9. The second-order valence-corrected chi connectivity index (χ2v) is 28.8. The first-order valence-electron chi connectivity index (χ1n) is 36.4. The summed E-state index contributed by atoms with van der Waals surface area (Å²) < 4.78 is 8.97. The quantitative estimate of drug-likeness (QED) is 0.0101. The number of halogens is 2. The van der Waals surface area contributed by atoms with E-state index in [0.29, 0.717) is 37.3 Å². The molecule has 2 saturated heterocycles. The first kappa shape index (κ1) is 96.7. The number of likely N-dealkylation sites (tertiary alicyclic amines) is 2. The fourth-order valence-corrected chi connectivity index (χ4v) is 14.4. The molecule has 4 aromatic carbocycles. The molecular formula is C80H118Br2N8O16. The van der Waals surface area contributed by atoms with Gasteiger partial charge in [-0.3, -0.25) is 38.6 Å². The van der Waals surface area contributed by atoms with Gasteiger partial charge in [0.15, 0.2) is 22.9 Å². The Kier molecular flexibility index (Phi) is 44.6. The molecule has 588 valence electrons. The molecular weight excluding hydrogens is 1490 g/mol. The normalized spacial score (nSPS) is 16.3. The number of anilines is 2. The predicted octanol–water partition coefficient (Wildman–Crippen LogP) is 4.68. The zero-order chi connectivity index (χ0) is 78.0. The molecule has 0 bridgehead atoms. The van der Waals surface area contributed by atoms with Crippen LogP contribution in [0.5, 0.6) is 0 Å². The molecule has 8 atom stereocenters. The SMILES string of the molecule is O=COC(O)C(O)C(=O)O.O=COC(O)C(O)C(=O)O.[Br-].[Br-].[C-]#[N+]c1cc(C)c(CC(=O)C[N+](C)(CCC)CCCCCN2CCCCC2C(=O)Nc2c(C)cc(C)cc2C)c(C)c1.[C-]#[N+]c1cc(C)c(CC(=O)C[N+](C)(CCC)CCCCCN2CCCCC2C(=O)Nc2c(C)cc(C)cc2C)c(C)c1. The highest BCUT2D eigenvalue weighted by Crippen LogP contribution is 2.29. The highest BCUT2D eigenvalue weighted by Gasteiger charge is 2.33. The Labute approximate surface area is 649 Å². The van der Waals surface area contributed by atoms with Crippen molar-refractivity contribution in [2.24, 2.45) is 0 Å². The minimum Gasteiger partial charge on any atom is -1.00 e. The van der Waals surface area contributed by atoms with Gasteiger partial charge in [-0.25, -0.2) is 19.3 Å². The van der Waals surface area contributed by atoms with Crippen molar-refractivity contribution in [2.45, 2.75) is 223 Å². The number of amides is 2. The summed E-state index contributed by atoms with van der Waals surface area (Å²) in [5, 5.41) is 56.1. The van der Waals surface area contributed by atoms with Crippen LogP contribution in [0.3, 0.4) is 0 Å². The van der Waals surface area contributed by atoms with Gasteiger partial charge in [-0.2, -0.15) is 0 Å². The lowest BCUT2D eigenvalue weighted by Gasteiger charge is -2.35. The summed E-state index contributed by atoms with van der Waals surface area (Å²) >= 11 is 0. The highest BCUT2D eigenvalue weighted by molar-refractivity contribution is 5.97. The number of carbonyl (C=O) groups is 8. The Morgan fingerprint density at radius 3 is 1.08 bits per heavy atom. The number of aliphatic carboxylic acids is 2. The van der Waals surface area contributed by atoms with Crippen LogP contribution in [-0.2, 0) is 60.7 Å². The van der Waals surface area contributed by atoms with Gasteiger partial charge in [0.1, 0.15) is 13.1 Å². The largest absolute Gasteiger partial charge is 1.00 e. The van der Waals surface area contributed by atoms with E-state index in [1.165, 1.54) is 11.1 Å². The van der Waals surface area contributed by atoms with Crippen LogP contribution in [0.15, 0.2) is 48.5 Å². The van der Waals surface area contributed by atoms with E-state index >= 15 is 0 Å². The number of piperidine rings is 2. The van der Waals surface area contributed by atoms with E-state index < -0.39 is 36.7 Å². The van der Waals surface area contributed by atoms with Crippen LogP contribution < -0.4 is 44.6 Å². The molecule has 2 heterocycles. The third-order valence-corrected chi connectivity index (χ3v) is 19.4. The monoisotopic (exact) mass is 1600 g/mol. The van der Waals surface area contributed by atoms with Crippen molar-refractivity contribution in [1.82, 2.24) is 9.80 Å².